The van der Waals surface area contributed by atoms with Crippen LogP contribution in [0.25, 0.3) is 0 Å². The maximum atomic E-state index is 12.9. The minimum absolute atomic E-state index is 0.00238. The first-order chi connectivity index (χ1) is 13.9. The second-order valence-corrected chi connectivity index (χ2v) is 7.23. The van der Waals surface area contributed by atoms with Gasteiger partial charge in [-0.15, -0.1) is 0 Å². The van der Waals surface area contributed by atoms with E-state index in [1.807, 2.05) is 24.3 Å². The van der Waals surface area contributed by atoms with Gasteiger partial charge >= 0.3 is 6.18 Å². The lowest BCUT2D eigenvalue weighted by atomic mass is 10.1. The number of hydrogen-bond acceptors (Lipinski definition) is 3. The minimum Gasteiger partial charge on any atom is -0.497 e. The van der Waals surface area contributed by atoms with Crippen molar-refractivity contribution in [3.8, 4) is 5.75 Å². The molecule has 0 spiro atoms. The van der Waals surface area contributed by atoms with E-state index in [0.29, 0.717) is 18.5 Å². The number of alkyl halides is 3. The van der Waals surface area contributed by atoms with E-state index in [1.165, 1.54) is 6.07 Å². The van der Waals surface area contributed by atoms with Gasteiger partial charge in [0, 0.05) is 25.6 Å². The number of ether oxygens (including phenoxy) is 1. The van der Waals surface area contributed by atoms with Crippen LogP contribution in [0.2, 0.25) is 0 Å². The Morgan fingerprint density at radius 3 is 2.59 bits per heavy atom. The van der Waals surface area contributed by atoms with Crippen LogP contribution in [-0.4, -0.2) is 30.5 Å². The highest BCUT2D eigenvalue weighted by molar-refractivity contribution is 5.78. The average Bonchev–Trinajstić information content (AvgIpc) is 3.05. The molecule has 1 atom stereocenters. The SMILES string of the molecule is COc1ccc(CNCC[C@H]2CCC(=O)N2Cc2cccc(C(F)(F)F)c2)cc1. The Kier molecular flexibility index (Phi) is 6.79. The zero-order chi connectivity index (χ0) is 20.9. The highest BCUT2D eigenvalue weighted by atomic mass is 19.4. The molecule has 0 aliphatic carbocycles. The summed E-state index contributed by atoms with van der Waals surface area (Å²) in [6, 6.07) is 13.0. The van der Waals surface area contributed by atoms with Gasteiger partial charge in [0.2, 0.25) is 5.91 Å². The lowest BCUT2D eigenvalue weighted by Gasteiger charge is -2.25. The first kappa shape index (κ1) is 21.2. The van der Waals surface area contributed by atoms with Crippen molar-refractivity contribution in [1.29, 1.82) is 0 Å². The summed E-state index contributed by atoms with van der Waals surface area (Å²) in [4.78, 5) is 14.0. The molecule has 1 heterocycles. The van der Waals surface area contributed by atoms with Crippen molar-refractivity contribution in [2.75, 3.05) is 13.7 Å². The summed E-state index contributed by atoms with van der Waals surface area (Å²) in [5.41, 5.74) is 0.958. The summed E-state index contributed by atoms with van der Waals surface area (Å²) in [6.07, 6.45) is -2.43. The lowest BCUT2D eigenvalue weighted by Crippen LogP contribution is -2.34. The number of likely N-dealkylation sites (tertiary alicyclic amines) is 1. The molecule has 4 nitrogen and oxygen atoms in total. The summed E-state index contributed by atoms with van der Waals surface area (Å²) in [7, 11) is 1.63. The number of methoxy groups -OCH3 is 1. The lowest BCUT2D eigenvalue weighted by molar-refractivity contribution is -0.137. The van der Waals surface area contributed by atoms with Gasteiger partial charge in [-0.2, -0.15) is 13.2 Å². The Balaban J connectivity index is 1.52. The fourth-order valence-corrected chi connectivity index (χ4v) is 3.60. The van der Waals surface area contributed by atoms with Crippen LogP contribution in [0.3, 0.4) is 0 Å². The summed E-state index contributed by atoms with van der Waals surface area (Å²) in [5, 5.41) is 3.37. The first-order valence-electron chi connectivity index (χ1n) is 9.66. The number of hydrogen-bond donors (Lipinski definition) is 1. The fourth-order valence-electron chi connectivity index (χ4n) is 3.60. The number of carbonyl (C=O) groups is 1. The molecule has 156 valence electrons. The van der Waals surface area contributed by atoms with E-state index in [9.17, 15) is 18.0 Å². The van der Waals surface area contributed by atoms with E-state index in [0.717, 1.165) is 42.8 Å². The van der Waals surface area contributed by atoms with Crippen LogP contribution in [-0.2, 0) is 24.1 Å². The Morgan fingerprint density at radius 2 is 1.90 bits per heavy atom. The maximum absolute atomic E-state index is 12.9. The molecular weight excluding hydrogens is 381 g/mol. The Bertz CT molecular complexity index is 822. The van der Waals surface area contributed by atoms with Gasteiger partial charge in [0.15, 0.2) is 0 Å². The van der Waals surface area contributed by atoms with E-state index in [1.54, 1.807) is 18.1 Å². The van der Waals surface area contributed by atoms with Crippen LogP contribution in [0.1, 0.15) is 36.0 Å². The largest absolute Gasteiger partial charge is 0.497 e. The van der Waals surface area contributed by atoms with Crippen LogP contribution in [0.4, 0.5) is 13.2 Å². The van der Waals surface area contributed by atoms with Crippen molar-refractivity contribution in [3.05, 3.63) is 65.2 Å². The van der Waals surface area contributed by atoms with Gasteiger partial charge in [-0.1, -0.05) is 24.3 Å². The smallest absolute Gasteiger partial charge is 0.416 e. The maximum Gasteiger partial charge on any atom is 0.416 e. The molecule has 2 aromatic carbocycles. The number of amides is 1. The Morgan fingerprint density at radius 1 is 1.14 bits per heavy atom. The third-order valence-electron chi connectivity index (χ3n) is 5.20. The van der Waals surface area contributed by atoms with Gasteiger partial charge < -0.3 is 15.0 Å². The third-order valence-corrected chi connectivity index (χ3v) is 5.20. The molecule has 1 fully saturated rings. The van der Waals surface area contributed by atoms with Crippen LogP contribution >= 0.6 is 0 Å². The number of halogens is 3. The number of nitrogens with one attached hydrogen (secondary N) is 1. The molecule has 0 unspecified atom stereocenters. The normalized spacial score (nSPS) is 17.0. The fraction of sp³-hybridized carbons (Fsp3) is 0.409. The van der Waals surface area contributed by atoms with Crippen LogP contribution in [0, 0.1) is 0 Å². The number of rotatable bonds is 8. The molecule has 0 aromatic heterocycles. The predicted molar refractivity (Wildman–Crippen MR) is 104 cm³/mol. The quantitative estimate of drug-likeness (QED) is 0.662. The van der Waals surface area contributed by atoms with E-state index < -0.39 is 11.7 Å². The number of nitrogens with zero attached hydrogens (tertiary/aromatic N) is 1. The Hall–Kier alpha value is -2.54. The molecule has 1 saturated heterocycles. The molecule has 7 heteroatoms. The Labute approximate surface area is 168 Å². The molecular formula is C22H25F3N2O2. The standard InChI is InChI=1S/C22H25F3N2O2/c1-29-20-8-5-16(6-9-20)14-26-12-11-19-7-10-21(28)27(19)15-17-3-2-4-18(13-17)22(23,24)25/h2-6,8-9,13,19,26H,7,10-12,14-15H2,1H3/t19-/m1/s1. The van der Waals surface area contributed by atoms with Crippen molar-refractivity contribution in [3.63, 3.8) is 0 Å². The van der Waals surface area contributed by atoms with Gasteiger partial charge in [-0.3, -0.25) is 4.79 Å². The van der Waals surface area contributed by atoms with E-state index >= 15 is 0 Å². The van der Waals surface area contributed by atoms with Crippen LogP contribution in [0.5, 0.6) is 5.75 Å². The van der Waals surface area contributed by atoms with Crippen molar-refractivity contribution in [2.45, 2.75) is 44.6 Å². The second kappa shape index (κ2) is 9.31. The van der Waals surface area contributed by atoms with Gasteiger partial charge in [-0.25, -0.2) is 0 Å². The van der Waals surface area contributed by atoms with Crippen LogP contribution in [0.15, 0.2) is 48.5 Å². The van der Waals surface area contributed by atoms with Crippen molar-refractivity contribution >= 4 is 5.91 Å². The molecule has 3 rings (SSSR count). The highest BCUT2D eigenvalue weighted by Crippen LogP contribution is 2.31. The molecule has 0 radical (unpaired) electrons. The molecule has 1 aliphatic rings. The summed E-state index contributed by atoms with van der Waals surface area (Å²) >= 11 is 0. The van der Waals surface area contributed by atoms with Gasteiger partial charge in [0.05, 0.1) is 12.7 Å². The van der Waals surface area contributed by atoms with Gasteiger partial charge in [0.25, 0.3) is 0 Å². The summed E-state index contributed by atoms with van der Waals surface area (Å²) in [5.74, 6) is 0.811. The monoisotopic (exact) mass is 406 g/mol. The highest BCUT2D eigenvalue weighted by Gasteiger charge is 2.32. The third kappa shape index (κ3) is 5.73. The molecule has 0 saturated carbocycles. The van der Waals surface area contributed by atoms with E-state index in [2.05, 4.69) is 5.32 Å². The summed E-state index contributed by atoms with van der Waals surface area (Å²) < 4.78 is 43.9. The first-order valence-corrected chi connectivity index (χ1v) is 9.66. The molecule has 1 amide bonds. The topological polar surface area (TPSA) is 41.6 Å². The van der Waals surface area contributed by atoms with Crippen molar-refractivity contribution < 1.29 is 22.7 Å². The molecule has 2 aromatic rings. The predicted octanol–water partition coefficient (Wildman–Crippen LogP) is 4.38. The molecule has 0 bridgehead atoms. The average molecular weight is 406 g/mol. The second-order valence-electron chi connectivity index (χ2n) is 7.23. The zero-order valence-electron chi connectivity index (χ0n) is 16.3. The van der Waals surface area contributed by atoms with Crippen molar-refractivity contribution in [1.82, 2.24) is 10.2 Å². The molecule has 1 aliphatic heterocycles. The summed E-state index contributed by atoms with van der Waals surface area (Å²) in [6.45, 7) is 1.65. The zero-order valence-corrected chi connectivity index (χ0v) is 16.3. The van der Waals surface area contributed by atoms with Crippen LogP contribution < -0.4 is 10.1 Å². The molecule has 29 heavy (non-hydrogen) atoms. The van der Waals surface area contributed by atoms with Gasteiger partial charge in [0.1, 0.15) is 5.75 Å². The number of carbonyl (C=O) groups excluding carboxylic acids is 1. The molecule has 1 N–H and O–H groups in total. The minimum atomic E-state index is -4.38. The van der Waals surface area contributed by atoms with Crippen molar-refractivity contribution in [2.24, 2.45) is 0 Å². The van der Waals surface area contributed by atoms with Gasteiger partial charge in [-0.05, 0) is 54.8 Å². The van der Waals surface area contributed by atoms with E-state index in [4.69, 9.17) is 4.74 Å². The van der Waals surface area contributed by atoms with E-state index in [-0.39, 0.29) is 18.5 Å². The number of benzene rings is 2.